The molecule has 0 spiro atoms. The Labute approximate surface area is 104 Å². The average Bonchev–Trinajstić information content (AvgIpc) is 2.09. The number of carbonyl (C=O) groups is 1. The van der Waals surface area contributed by atoms with Crippen LogP contribution in [0.3, 0.4) is 0 Å². The van der Waals surface area contributed by atoms with Gasteiger partial charge in [-0.25, -0.2) is 0 Å². The minimum atomic E-state index is -0.0273. The van der Waals surface area contributed by atoms with Crippen molar-refractivity contribution < 1.29 is 4.79 Å². The monoisotopic (exact) mass is 246 g/mol. The van der Waals surface area contributed by atoms with Crippen LogP contribution >= 0.6 is 11.8 Å². The fraction of sp³-hybridized carbons (Fsp3) is 0.917. The SMILES string of the molecule is CSCCCNC(=O)CC(N)CC(C)(C)C. The Balaban J connectivity index is 3.62. The van der Waals surface area contributed by atoms with E-state index in [0.717, 1.165) is 25.1 Å². The van der Waals surface area contributed by atoms with E-state index < -0.39 is 0 Å². The van der Waals surface area contributed by atoms with Crippen LogP contribution in [0.2, 0.25) is 0 Å². The molecule has 3 N–H and O–H groups in total. The Kier molecular flexibility index (Phi) is 7.85. The highest BCUT2D eigenvalue weighted by Crippen LogP contribution is 2.20. The van der Waals surface area contributed by atoms with Crippen molar-refractivity contribution in [1.82, 2.24) is 5.32 Å². The lowest BCUT2D eigenvalue weighted by molar-refractivity contribution is -0.121. The van der Waals surface area contributed by atoms with Gasteiger partial charge in [-0.05, 0) is 30.3 Å². The molecule has 4 heteroatoms. The standard InChI is InChI=1S/C12H26N2OS/c1-12(2,3)9-10(13)8-11(15)14-6-5-7-16-4/h10H,5-9,13H2,1-4H3,(H,14,15). The third-order valence-corrected chi connectivity index (χ3v) is 2.87. The van der Waals surface area contributed by atoms with Gasteiger partial charge in [0.1, 0.15) is 0 Å². The second-order valence-electron chi connectivity index (χ2n) is 5.43. The van der Waals surface area contributed by atoms with Crippen molar-refractivity contribution in [1.29, 1.82) is 0 Å². The van der Waals surface area contributed by atoms with Crippen LogP contribution in [0.25, 0.3) is 0 Å². The number of carbonyl (C=O) groups excluding carboxylic acids is 1. The molecule has 0 aromatic carbocycles. The third kappa shape index (κ3) is 10.3. The molecule has 1 unspecified atom stereocenters. The number of hydrogen-bond donors (Lipinski definition) is 2. The number of hydrogen-bond acceptors (Lipinski definition) is 3. The molecule has 0 saturated carbocycles. The zero-order chi connectivity index (χ0) is 12.6. The topological polar surface area (TPSA) is 55.1 Å². The highest BCUT2D eigenvalue weighted by Gasteiger charge is 2.17. The van der Waals surface area contributed by atoms with Crippen molar-refractivity contribution in [3.8, 4) is 0 Å². The molecule has 96 valence electrons. The first-order valence-electron chi connectivity index (χ1n) is 5.86. The van der Waals surface area contributed by atoms with E-state index >= 15 is 0 Å². The van der Waals surface area contributed by atoms with Crippen LogP contribution in [0.1, 0.15) is 40.0 Å². The molecular weight excluding hydrogens is 220 g/mol. The molecule has 0 aliphatic carbocycles. The molecule has 0 rings (SSSR count). The Morgan fingerprint density at radius 3 is 2.56 bits per heavy atom. The molecule has 0 aromatic heterocycles. The molecule has 0 aliphatic heterocycles. The maximum absolute atomic E-state index is 11.5. The van der Waals surface area contributed by atoms with Crippen LogP contribution in [0.5, 0.6) is 0 Å². The van der Waals surface area contributed by atoms with Gasteiger partial charge in [-0.3, -0.25) is 4.79 Å². The van der Waals surface area contributed by atoms with Crippen LogP contribution in [0, 0.1) is 5.41 Å². The Bertz CT molecular complexity index is 202. The lowest BCUT2D eigenvalue weighted by Gasteiger charge is -2.22. The smallest absolute Gasteiger partial charge is 0.221 e. The molecule has 0 aliphatic rings. The predicted octanol–water partition coefficient (Wildman–Crippen LogP) is 2.01. The number of nitrogens with two attached hydrogens (primary N) is 1. The maximum atomic E-state index is 11.5. The Morgan fingerprint density at radius 2 is 2.06 bits per heavy atom. The summed E-state index contributed by atoms with van der Waals surface area (Å²) in [6.45, 7) is 7.19. The van der Waals surface area contributed by atoms with Crippen molar-refractivity contribution in [3.05, 3.63) is 0 Å². The summed E-state index contributed by atoms with van der Waals surface area (Å²) in [5.41, 5.74) is 6.12. The number of amides is 1. The van der Waals surface area contributed by atoms with Crippen molar-refractivity contribution >= 4 is 17.7 Å². The fourth-order valence-corrected chi connectivity index (χ4v) is 2.05. The van der Waals surface area contributed by atoms with Crippen LogP contribution in [0.15, 0.2) is 0 Å². The highest BCUT2D eigenvalue weighted by atomic mass is 32.2. The van der Waals surface area contributed by atoms with Gasteiger partial charge >= 0.3 is 0 Å². The van der Waals surface area contributed by atoms with Crippen LogP contribution in [-0.2, 0) is 4.79 Å². The molecule has 0 aromatic rings. The van der Waals surface area contributed by atoms with E-state index in [1.165, 1.54) is 0 Å². The largest absolute Gasteiger partial charge is 0.356 e. The van der Waals surface area contributed by atoms with Gasteiger partial charge in [-0.1, -0.05) is 20.8 Å². The summed E-state index contributed by atoms with van der Waals surface area (Å²) >= 11 is 1.80. The third-order valence-electron chi connectivity index (χ3n) is 2.17. The second kappa shape index (κ2) is 7.96. The van der Waals surface area contributed by atoms with E-state index in [-0.39, 0.29) is 17.4 Å². The van der Waals surface area contributed by atoms with Gasteiger partial charge in [-0.15, -0.1) is 0 Å². The van der Waals surface area contributed by atoms with E-state index in [1.807, 2.05) is 0 Å². The van der Waals surface area contributed by atoms with Gasteiger partial charge in [0.25, 0.3) is 0 Å². The molecule has 16 heavy (non-hydrogen) atoms. The average molecular weight is 246 g/mol. The quantitative estimate of drug-likeness (QED) is 0.676. The second-order valence-corrected chi connectivity index (χ2v) is 6.41. The summed E-state index contributed by atoms with van der Waals surface area (Å²) in [5.74, 6) is 1.17. The van der Waals surface area contributed by atoms with Gasteiger partial charge in [-0.2, -0.15) is 11.8 Å². The maximum Gasteiger partial charge on any atom is 0.221 e. The molecule has 0 radical (unpaired) electrons. The van der Waals surface area contributed by atoms with E-state index in [0.29, 0.717) is 6.42 Å². The van der Waals surface area contributed by atoms with E-state index in [1.54, 1.807) is 11.8 Å². The Morgan fingerprint density at radius 1 is 1.44 bits per heavy atom. The van der Waals surface area contributed by atoms with Gasteiger partial charge in [0, 0.05) is 19.0 Å². The molecule has 0 bridgehead atoms. The molecule has 0 heterocycles. The summed E-state index contributed by atoms with van der Waals surface area (Å²) in [7, 11) is 0. The molecule has 1 atom stereocenters. The first kappa shape index (κ1) is 15.8. The molecule has 0 saturated heterocycles. The van der Waals surface area contributed by atoms with Crippen molar-refractivity contribution in [2.75, 3.05) is 18.6 Å². The van der Waals surface area contributed by atoms with Crippen LogP contribution in [0.4, 0.5) is 0 Å². The van der Waals surface area contributed by atoms with E-state index in [4.69, 9.17) is 5.73 Å². The van der Waals surface area contributed by atoms with Crippen LogP contribution in [-0.4, -0.2) is 30.5 Å². The Hall–Kier alpha value is -0.220. The van der Waals surface area contributed by atoms with Gasteiger partial charge < -0.3 is 11.1 Å². The lowest BCUT2D eigenvalue weighted by Crippen LogP contribution is -2.34. The van der Waals surface area contributed by atoms with E-state index in [9.17, 15) is 4.79 Å². The minimum absolute atomic E-state index is 0.0273. The normalized spacial score (nSPS) is 13.6. The minimum Gasteiger partial charge on any atom is -0.356 e. The molecular formula is C12H26N2OS. The molecule has 0 fully saturated rings. The van der Waals surface area contributed by atoms with Crippen molar-refractivity contribution in [2.45, 2.75) is 46.1 Å². The van der Waals surface area contributed by atoms with Crippen molar-refractivity contribution in [3.63, 3.8) is 0 Å². The first-order valence-corrected chi connectivity index (χ1v) is 7.26. The highest BCUT2D eigenvalue weighted by molar-refractivity contribution is 7.98. The first-order chi connectivity index (χ1) is 7.35. The van der Waals surface area contributed by atoms with Gasteiger partial charge in [0.2, 0.25) is 5.91 Å². The van der Waals surface area contributed by atoms with E-state index in [2.05, 4.69) is 32.3 Å². The summed E-state index contributed by atoms with van der Waals surface area (Å²) in [6, 6.07) is -0.0273. The summed E-state index contributed by atoms with van der Waals surface area (Å²) in [5, 5.41) is 2.90. The zero-order valence-corrected chi connectivity index (χ0v) is 11.8. The zero-order valence-electron chi connectivity index (χ0n) is 11.0. The summed E-state index contributed by atoms with van der Waals surface area (Å²) in [4.78, 5) is 11.5. The molecule has 1 amide bonds. The number of rotatable bonds is 7. The van der Waals surface area contributed by atoms with Gasteiger partial charge in [0.15, 0.2) is 0 Å². The van der Waals surface area contributed by atoms with Crippen LogP contribution < -0.4 is 11.1 Å². The number of thioether (sulfide) groups is 1. The summed E-state index contributed by atoms with van der Waals surface area (Å²) in [6.07, 6.45) is 4.42. The van der Waals surface area contributed by atoms with Gasteiger partial charge in [0.05, 0.1) is 0 Å². The fourth-order valence-electron chi connectivity index (χ4n) is 1.61. The number of nitrogens with one attached hydrogen (secondary N) is 1. The van der Waals surface area contributed by atoms with Crippen molar-refractivity contribution in [2.24, 2.45) is 11.1 Å². The lowest BCUT2D eigenvalue weighted by atomic mass is 9.87. The summed E-state index contributed by atoms with van der Waals surface area (Å²) < 4.78 is 0. The molecule has 3 nitrogen and oxygen atoms in total. The predicted molar refractivity (Wildman–Crippen MR) is 72.7 cm³/mol.